The molecule has 7 nitrogen and oxygen atoms in total. The molecule has 0 aliphatic carbocycles. The van der Waals surface area contributed by atoms with Crippen LogP contribution in [0.1, 0.15) is 26.3 Å². The summed E-state index contributed by atoms with van der Waals surface area (Å²) in [4.78, 5) is 23.9. The van der Waals surface area contributed by atoms with Gasteiger partial charge in [-0.1, -0.05) is 0 Å². The number of hydrogen-bond donors (Lipinski definition) is 2. The lowest BCUT2D eigenvalue weighted by molar-refractivity contribution is 0.0636. The standard InChI is InChI=1S/C17H20ClN5O2/c1-17(2,3)25-16(24)22-13-6-5-12(9-11(13)10-19-4)21-14-7-8-20-15(18)23-14/h5-10H,1-4H3,(H,22,24)(H,20,21,23). The van der Waals surface area contributed by atoms with Crippen molar-refractivity contribution in [1.29, 1.82) is 0 Å². The summed E-state index contributed by atoms with van der Waals surface area (Å²) in [6.07, 6.45) is 2.68. The number of aromatic nitrogens is 2. The maximum Gasteiger partial charge on any atom is 0.412 e. The van der Waals surface area contributed by atoms with Crippen LogP contribution >= 0.6 is 11.6 Å². The Bertz CT molecular complexity index is 787. The smallest absolute Gasteiger partial charge is 0.412 e. The first-order valence-electron chi connectivity index (χ1n) is 7.58. The van der Waals surface area contributed by atoms with Crippen LogP contribution in [0.5, 0.6) is 0 Å². The van der Waals surface area contributed by atoms with Crippen LogP contribution in [0.4, 0.5) is 22.0 Å². The van der Waals surface area contributed by atoms with E-state index in [-0.39, 0.29) is 5.28 Å². The third-order valence-electron chi connectivity index (χ3n) is 2.85. The van der Waals surface area contributed by atoms with Crippen molar-refractivity contribution >= 4 is 41.1 Å². The Hall–Kier alpha value is -2.67. The zero-order valence-electron chi connectivity index (χ0n) is 14.5. The van der Waals surface area contributed by atoms with Crippen LogP contribution in [-0.2, 0) is 4.74 Å². The van der Waals surface area contributed by atoms with Crippen molar-refractivity contribution in [1.82, 2.24) is 9.97 Å². The van der Waals surface area contributed by atoms with Crippen molar-refractivity contribution in [2.75, 3.05) is 17.7 Å². The Balaban J connectivity index is 2.21. The molecule has 0 atom stereocenters. The quantitative estimate of drug-likeness (QED) is 0.627. The van der Waals surface area contributed by atoms with Gasteiger partial charge in [0.25, 0.3) is 0 Å². The molecule has 1 heterocycles. The van der Waals surface area contributed by atoms with Gasteiger partial charge in [-0.2, -0.15) is 0 Å². The lowest BCUT2D eigenvalue weighted by Crippen LogP contribution is -2.27. The Morgan fingerprint density at radius 1 is 1.32 bits per heavy atom. The van der Waals surface area contributed by atoms with Crippen molar-refractivity contribution in [3.63, 3.8) is 0 Å². The van der Waals surface area contributed by atoms with Crippen molar-refractivity contribution in [2.24, 2.45) is 4.99 Å². The number of halogens is 1. The first-order chi connectivity index (χ1) is 11.8. The molecule has 0 saturated carbocycles. The number of aliphatic imine (C=N–C) groups is 1. The van der Waals surface area contributed by atoms with E-state index >= 15 is 0 Å². The van der Waals surface area contributed by atoms with Gasteiger partial charge in [0.15, 0.2) is 0 Å². The third kappa shape index (κ3) is 6.04. The molecule has 0 aliphatic rings. The topological polar surface area (TPSA) is 88.5 Å². The molecule has 1 aromatic carbocycles. The van der Waals surface area contributed by atoms with E-state index in [1.165, 1.54) is 0 Å². The highest BCUT2D eigenvalue weighted by atomic mass is 35.5. The van der Waals surface area contributed by atoms with E-state index in [4.69, 9.17) is 16.3 Å². The average molecular weight is 362 g/mol. The highest BCUT2D eigenvalue weighted by Crippen LogP contribution is 2.23. The Kier molecular flexibility index (Phi) is 5.93. The molecule has 0 aliphatic heterocycles. The van der Waals surface area contributed by atoms with Gasteiger partial charge in [0.2, 0.25) is 5.28 Å². The molecule has 0 radical (unpaired) electrons. The number of nitrogens with one attached hydrogen (secondary N) is 2. The average Bonchev–Trinajstić information content (AvgIpc) is 2.48. The lowest BCUT2D eigenvalue weighted by atomic mass is 10.1. The molecule has 1 aromatic heterocycles. The molecule has 0 bridgehead atoms. The molecule has 0 saturated heterocycles. The maximum atomic E-state index is 12.0. The van der Waals surface area contributed by atoms with Gasteiger partial charge in [0.05, 0.1) is 5.69 Å². The number of carbonyl (C=O) groups excluding carboxylic acids is 1. The van der Waals surface area contributed by atoms with Crippen LogP contribution in [0.15, 0.2) is 35.5 Å². The van der Waals surface area contributed by atoms with E-state index in [9.17, 15) is 4.79 Å². The number of rotatable bonds is 4. The minimum absolute atomic E-state index is 0.156. The molecule has 2 aromatic rings. The molecule has 2 N–H and O–H groups in total. The fraction of sp³-hybridized carbons (Fsp3) is 0.294. The number of anilines is 3. The second kappa shape index (κ2) is 7.94. The fourth-order valence-electron chi connectivity index (χ4n) is 1.97. The number of benzene rings is 1. The predicted octanol–water partition coefficient (Wildman–Crippen LogP) is 4.27. The van der Waals surface area contributed by atoms with Crippen molar-refractivity contribution < 1.29 is 9.53 Å². The molecule has 0 fully saturated rings. The SMILES string of the molecule is CN=Cc1cc(Nc2ccnc(Cl)n2)ccc1NC(=O)OC(C)(C)C. The highest BCUT2D eigenvalue weighted by Gasteiger charge is 2.17. The summed E-state index contributed by atoms with van der Waals surface area (Å²) in [6, 6.07) is 7.09. The first kappa shape index (κ1) is 18.7. The molecule has 132 valence electrons. The molecule has 8 heteroatoms. The number of ether oxygens (including phenoxy) is 1. The monoisotopic (exact) mass is 361 g/mol. The van der Waals surface area contributed by atoms with Crippen LogP contribution in [-0.4, -0.2) is 34.9 Å². The van der Waals surface area contributed by atoms with E-state index in [1.807, 2.05) is 6.07 Å². The summed E-state index contributed by atoms with van der Waals surface area (Å²) >= 11 is 5.78. The lowest BCUT2D eigenvalue weighted by Gasteiger charge is -2.20. The van der Waals surface area contributed by atoms with Crippen molar-refractivity contribution in [3.8, 4) is 0 Å². The van der Waals surface area contributed by atoms with Gasteiger partial charge in [-0.05, 0) is 56.6 Å². The van der Waals surface area contributed by atoms with Gasteiger partial charge in [-0.15, -0.1) is 0 Å². The highest BCUT2D eigenvalue weighted by molar-refractivity contribution is 6.28. The maximum absolute atomic E-state index is 12.0. The Labute approximate surface area is 151 Å². The van der Waals surface area contributed by atoms with Crippen LogP contribution in [0.3, 0.4) is 0 Å². The first-order valence-corrected chi connectivity index (χ1v) is 7.96. The second-order valence-corrected chi connectivity index (χ2v) is 6.49. The summed E-state index contributed by atoms with van der Waals surface area (Å²) in [5.74, 6) is 0.562. The van der Waals surface area contributed by atoms with Crippen molar-refractivity contribution in [3.05, 3.63) is 41.3 Å². The normalized spacial score (nSPS) is 11.4. The minimum Gasteiger partial charge on any atom is -0.444 e. The van der Waals surface area contributed by atoms with Crippen LogP contribution in [0.25, 0.3) is 0 Å². The number of hydrogen-bond acceptors (Lipinski definition) is 6. The molecule has 25 heavy (non-hydrogen) atoms. The number of nitrogens with zero attached hydrogens (tertiary/aromatic N) is 3. The molecule has 1 amide bonds. The van der Waals surface area contributed by atoms with Gasteiger partial charge in [-0.3, -0.25) is 10.3 Å². The summed E-state index contributed by atoms with van der Waals surface area (Å²) in [5.41, 5.74) is 1.50. The summed E-state index contributed by atoms with van der Waals surface area (Å²) < 4.78 is 5.27. The van der Waals surface area contributed by atoms with Crippen molar-refractivity contribution in [2.45, 2.75) is 26.4 Å². The third-order valence-corrected chi connectivity index (χ3v) is 3.04. The van der Waals surface area contributed by atoms with Gasteiger partial charge in [0, 0.05) is 30.7 Å². The van der Waals surface area contributed by atoms with Gasteiger partial charge in [0.1, 0.15) is 11.4 Å². The van der Waals surface area contributed by atoms with Crippen LogP contribution in [0.2, 0.25) is 5.28 Å². The largest absolute Gasteiger partial charge is 0.444 e. The molecule has 0 unspecified atom stereocenters. The Morgan fingerprint density at radius 2 is 2.08 bits per heavy atom. The zero-order valence-corrected chi connectivity index (χ0v) is 15.3. The zero-order chi connectivity index (χ0) is 18.4. The molecule has 0 spiro atoms. The summed E-state index contributed by atoms with van der Waals surface area (Å²) in [7, 11) is 1.65. The van der Waals surface area contributed by atoms with Gasteiger partial charge < -0.3 is 10.1 Å². The number of amides is 1. The Morgan fingerprint density at radius 3 is 2.72 bits per heavy atom. The predicted molar refractivity (Wildman–Crippen MR) is 100 cm³/mol. The minimum atomic E-state index is -0.573. The van der Waals surface area contributed by atoms with E-state index in [1.54, 1.807) is 58.4 Å². The molecule has 2 rings (SSSR count). The van der Waals surface area contributed by atoms with E-state index in [0.29, 0.717) is 11.5 Å². The molecular weight excluding hydrogens is 342 g/mol. The second-order valence-electron chi connectivity index (χ2n) is 6.15. The van der Waals surface area contributed by atoms with Crippen LogP contribution in [0, 0.1) is 0 Å². The summed E-state index contributed by atoms with van der Waals surface area (Å²) in [6.45, 7) is 5.42. The van der Waals surface area contributed by atoms with E-state index in [2.05, 4.69) is 25.6 Å². The van der Waals surface area contributed by atoms with Gasteiger partial charge in [-0.25, -0.2) is 14.8 Å². The van der Waals surface area contributed by atoms with Gasteiger partial charge >= 0.3 is 6.09 Å². The fourth-order valence-corrected chi connectivity index (χ4v) is 2.11. The van der Waals surface area contributed by atoms with E-state index in [0.717, 1.165) is 11.3 Å². The molecular formula is C17H20ClN5O2. The number of carbonyl (C=O) groups is 1. The van der Waals surface area contributed by atoms with Crippen LogP contribution < -0.4 is 10.6 Å². The summed E-state index contributed by atoms with van der Waals surface area (Å²) in [5, 5.41) is 6.00. The van der Waals surface area contributed by atoms with E-state index < -0.39 is 11.7 Å².